The lowest BCUT2D eigenvalue weighted by molar-refractivity contribution is -0.129. The molecule has 2 aliphatic heterocycles. The highest BCUT2D eigenvalue weighted by Gasteiger charge is 2.25. The number of piperidine rings is 1. The van der Waals surface area contributed by atoms with Crippen LogP contribution in [0.2, 0.25) is 0 Å². The van der Waals surface area contributed by atoms with Crippen molar-refractivity contribution in [2.24, 2.45) is 5.92 Å². The first-order chi connectivity index (χ1) is 12.1. The Bertz CT molecular complexity index is 587. The third-order valence-corrected chi connectivity index (χ3v) is 6.64. The maximum Gasteiger partial charge on any atom is 0.232 e. The van der Waals surface area contributed by atoms with Crippen LogP contribution in [0.15, 0.2) is 22.7 Å². The summed E-state index contributed by atoms with van der Waals surface area (Å²) in [6, 6.07) is 5.09. The summed E-state index contributed by atoms with van der Waals surface area (Å²) < 4.78 is 14.5. The zero-order valence-corrected chi connectivity index (χ0v) is 17.0. The number of amides is 1. The molecule has 25 heavy (non-hydrogen) atoms. The number of carbonyl (C=O) groups is 1. The zero-order chi connectivity index (χ0) is 17.6. The minimum absolute atomic E-state index is 0.196. The normalized spacial score (nSPS) is 19.5. The molecule has 3 rings (SSSR count). The number of halogens is 2. The van der Waals surface area contributed by atoms with Crippen LogP contribution in [-0.2, 0) is 10.5 Å². The van der Waals surface area contributed by atoms with Gasteiger partial charge in [-0.1, -0.05) is 22.0 Å². The van der Waals surface area contributed by atoms with E-state index >= 15 is 0 Å². The number of likely N-dealkylation sites (tertiary alicyclic amines) is 2. The average molecular weight is 429 g/mol. The predicted octanol–water partition coefficient (Wildman–Crippen LogP) is 4.16. The zero-order valence-electron chi connectivity index (χ0n) is 14.6. The van der Waals surface area contributed by atoms with Gasteiger partial charge in [0.2, 0.25) is 5.91 Å². The second kappa shape index (κ2) is 9.38. The molecule has 1 aromatic carbocycles. The fourth-order valence-corrected chi connectivity index (χ4v) is 4.92. The van der Waals surface area contributed by atoms with Gasteiger partial charge in [-0.25, -0.2) is 4.39 Å². The van der Waals surface area contributed by atoms with Gasteiger partial charge in [0.25, 0.3) is 0 Å². The second-order valence-electron chi connectivity index (χ2n) is 7.06. The summed E-state index contributed by atoms with van der Waals surface area (Å²) in [4.78, 5) is 16.9. The van der Waals surface area contributed by atoms with Crippen LogP contribution in [0, 0.1) is 11.7 Å². The molecule has 2 heterocycles. The minimum atomic E-state index is -0.211. The summed E-state index contributed by atoms with van der Waals surface area (Å²) in [5, 5.41) is 0. The van der Waals surface area contributed by atoms with Crippen LogP contribution >= 0.6 is 27.7 Å². The highest BCUT2D eigenvalue weighted by molar-refractivity contribution is 9.10. The second-order valence-corrected chi connectivity index (χ2v) is 8.96. The Labute approximate surface area is 162 Å². The van der Waals surface area contributed by atoms with Gasteiger partial charge in [-0.15, -0.1) is 11.8 Å². The summed E-state index contributed by atoms with van der Waals surface area (Å²) in [5.41, 5.74) is 0.658. The molecule has 0 aliphatic carbocycles. The van der Waals surface area contributed by atoms with Crippen molar-refractivity contribution in [3.8, 4) is 0 Å². The van der Waals surface area contributed by atoms with Crippen LogP contribution in [0.1, 0.15) is 31.2 Å². The lowest BCUT2D eigenvalue weighted by Gasteiger charge is -2.33. The van der Waals surface area contributed by atoms with Gasteiger partial charge in [0, 0.05) is 29.9 Å². The van der Waals surface area contributed by atoms with Crippen molar-refractivity contribution in [2.75, 3.05) is 38.5 Å². The van der Waals surface area contributed by atoms with Crippen molar-refractivity contribution in [1.29, 1.82) is 0 Å². The molecule has 1 aromatic rings. The SMILES string of the molecule is O=C(CSCc1ccc(Br)cc1F)N1CCC(CN2CCCC2)CC1. The van der Waals surface area contributed by atoms with Crippen molar-refractivity contribution in [3.63, 3.8) is 0 Å². The molecule has 138 valence electrons. The van der Waals surface area contributed by atoms with Crippen LogP contribution in [0.5, 0.6) is 0 Å². The maximum absolute atomic E-state index is 13.8. The summed E-state index contributed by atoms with van der Waals surface area (Å²) in [6.07, 6.45) is 4.92. The number of carbonyl (C=O) groups excluding carboxylic acids is 1. The van der Waals surface area contributed by atoms with E-state index in [1.54, 1.807) is 6.07 Å². The van der Waals surface area contributed by atoms with Crippen LogP contribution in [0.4, 0.5) is 4.39 Å². The lowest BCUT2D eigenvalue weighted by atomic mass is 9.96. The van der Waals surface area contributed by atoms with Gasteiger partial charge in [-0.05, 0) is 62.4 Å². The average Bonchev–Trinajstić information content (AvgIpc) is 3.10. The number of benzene rings is 1. The van der Waals surface area contributed by atoms with E-state index in [1.165, 1.54) is 50.3 Å². The molecule has 2 fully saturated rings. The van der Waals surface area contributed by atoms with Crippen LogP contribution in [-0.4, -0.2) is 54.2 Å². The minimum Gasteiger partial charge on any atom is -0.342 e. The first-order valence-electron chi connectivity index (χ1n) is 9.13. The quantitative estimate of drug-likeness (QED) is 0.679. The molecule has 0 radical (unpaired) electrons. The number of hydrogen-bond donors (Lipinski definition) is 0. The van der Waals surface area contributed by atoms with E-state index in [9.17, 15) is 9.18 Å². The third kappa shape index (κ3) is 5.69. The molecule has 2 saturated heterocycles. The molecule has 0 unspecified atom stereocenters. The van der Waals surface area contributed by atoms with Gasteiger partial charge >= 0.3 is 0 Å². The molecule has 6 heteroatoms. The Morgan fingerprint density at radius 1 is 1.20 bits per heavy atom. The van der Waals surface area contributed by atoms with E-state index in [1.807, 2.05) is 11.0 Å². The van der Waals surface area contributed by atoms with E-state index in [4.69, 9.17) is 0 Å². The van der Waals surface area contributed by atoms with Gasteiger partial charge in [-0.2, -0.15) is 0 Å². The standard InChI is InChI=1S/C19H26BrFN2OS/c20-17-4-3-16(18(21)11-17)13-25-14-19(24)23-9-5-15(6-10-23)12-22-7-1-2-8-22/h3-4,11,15H,1-2,5-10,12-14H2. The smallest absolute Gasteiger partial charge is 0.232 e. The van der Waals surface area contributed by atoms with Crippen molar-refractivity contribution in [2.45, 2.75) is 31.4 Å². The van der Waals surface area contributed by atoms with Crippen molar-refractivity contribution in [1.82, 2.24) is 9.80 Å². The van der Waals surface area contributed by atoms with Crippen LogP contribution in [0.25, 0.3) is 0 Å². The Balaban J connectivity index is 1.36. The third-order valence-electron chi connectivity index (χ3n) is 5.18. The highest BCUT2D eigenvalue weighted by atomic mass is 79.9. The Hall–Kier alpha value is -0.590. The molecule has 0 aromatic heterocycles. The van der Waals surface area contributed by atoms with Gasteiger partial charge in [0.1, 0.15) is 5.82 Å². The number of rotatable bonds is 6. The van der Waals surface area contributed by atoms with E-state index in [2.05, 4.69) is 20.8 Å². The fourth-order valence-electron chi connectivity index (χ4n) is 3.67. The van der Waals surface area contributed by atoms with E-state index in [0.717, 1.165) is 36.3 Å². The Morgan fingerprint density at radius 2 is 1.92 bits per heavy atom. The molecule has 0 atom stereocenters. The molecular weight excluding hydrogens is 403 g/mol. The summed E-state index contributed by atoms with van der Waals surface area (Å²) in [7, 11) is 0. The lowest BCUT2D eigenvalue weighted by Crippen LogP contribution is -2.42. The summed E-state index contributed by atoms with van der Waals surface area (Å²) in [6.45, 7) is 5.47. The monoisotopic (exact) mass is 428 g/mol. The first-order valence-corrected chi connectivity index (χ1v) is 11.1. The van der Waals surface area contributed by atoms with Crippen molar-refractivity contribution < 1.29 is 9.18 Å². The Kier molecular flexibility index (Phi) is 7.19. The highest BCUT2D eigenvalue weighted by Crippen LogP contribution is 2.23. The molecule has 3 nitrogen and oxygen atoms in total. The Morgan fingerprint density at radius 3 is 2.60 bits per heavy atom. The predicted molar refractivity (Wildman–Crippen MR) is 105 cm³/mol. The largest absolute Gasteiger partial charge is 0.342 e. The van der Waals surface area contributed by atoms with E-state index in [-0.39, 0.29) is 11.7 Å². The van der Waals surface area contributed by atoms with Gasteiger partial charge in [-0.3, -0.25) is 4.79 Å². The van der Waals surface area contributed by atoms with E-state index < -0.39 is 0 Å². The molecule has 1 amide bonds. The van der Waals surface area contributed by atoms with Crippen LogP contribution in [0.3, 0.4) is 0 Å². The van der Waals surface area contributed by atoms with E-state index in [0.29, 0.717) is 17.1 Å². The maximum atomic E-state index is 13.8. The summed E-state index contributed by atoms with van der Waals surface area (Å²) >= 11 is 4.76. The molecule has 0 saturated carbocycles. The fraction of sp³-hybridized carbons (Fsp3) is 0.632. The van der Waals surface area contributed by atoms with Crippen molar-refractivity contribution >= 4 is 33.6 Å². The van der Waals surface area contributed by atoms with Gasteiger partial charge in [0.15, 0.2) is 0 Å². The topological polar surface area (TPSA) is 23.6 Å². The first kappa shape index (κ1) is 19.2. The summed E-state index contributed by atoms with van der Waals surface area (Å²) in [5.74, 6) is 1.70. The number of nitrogens with zero attached hydrogens (tertiary/aromatic N) is 2. The van der Waals surface area contributed by atoms with Gasteiger partial charge < -0.3 is 9.80 Å². The molecule has 2 aliphatic rings. The molecular formula is C19H26BrFN2OS. The van der Waals surface area contributed by atoms with Gasteiger partial charge in [0.05, 0.1) is 5.75 Å². The van der Waals surface area contributed by atoms with Crippen molar-refractivity contribution in [3.05, 3.63) is 34.1 Å². The number of hydrogen-bond acceptors (Lipinski definition) is 3. The van der Waals surface area contributed by atoms with Crippen LogP contribution < -0.4 is 0 Å². The molecule has 0 bridgehead atoms. The molecule has 0 spiro atoms. The molecule has 0 N–H and O–H groups in total. The number of thioether (sulfide) groups is 1.